The molecule has 104 valence electrons. The van der Waals surface area contributed by atoms with E-state index in [0.29, 0.717) is 18.7 Å². The summed E-state index contributed by atoms with van der Waals surface area (Å²) in [6.07, 6.45) is 3.42. The van der Waals surface area contributed by atoms with Crippen molar-refractivity contribution in [2.75, 3.05) is 13.1 Å². The van der Waals surface area contributed by atoms with Crippen LogP contribution in [0.15, 0.2) is 36.7 Å². The molecule has 1 unspecified atom stereocenters. The highest BCUT2D eigenvalue weighted by Gasteiger charge is 2.34. The molecule has 0 N–H and O–H groups in total. The molecule has 6 heteroatoms. The van der Waals surface area contributed by atoms with Crippen molar-refractivity contribution in [1.29, 1.82) is 0 Å². The highest BCUT2D eigenvalue weighted by Crippen LogP contribution is 2.26. The van der Waals surface area contributed by atoms with E-state index in [1.54, 1.807) is 41.0 Å². The van der Waals surface area contributed by atoms with Gasteiger partial charge in [0, 0.05) is 19.3 Å². The number of hydrogen-bond donors (Lipinski definition) is 0. The summed E-state index contributed by atoms with van der Waals surface area (Å²) >= 11 is 0. The molecule has 2 heterocycles. The van der Waals surface area contributed by atoms with Crippen LogP contribution in [0, 0.1) is 5.82 Å². The molecule has 0 spiro atoms. The molecule has 3 rings (SSSR count). The zero-order chi connectivity index (χ0) is 14.1. The highest BCUT2D eigenvalue weighted by atomic mass is 19.1. The number of likely N-dealkylation sites (tertiary alicyclic amines) is 1. The SMILES string of the molecule is CC(C(=O)N1CC(n2ccnn2)C1)c1cccc(F)c1. The van der Waals surface area contributed by atoms with Gasteiger partial charge in [-0.3, -0.25) is 4.79 Å². The first-order valence-electron chi connectivity index (χ1n) is 6.55. The maximum absolute atomic E-state index is 13.2. The molecule has 20 heavy (non-hydrogen) atoms. The molecule has 1 aromatic carbocycles. The van der Waals surface area contributed by atoms with Gasteiger partial charge in [0.25, 0.3) is 0 Å². The van der Waals surface area contributed by atoms with Crippen LogP contribution in [0.25, 0.3) is 0 Å². The van der Waals surface area contributed by atoms with Crippen LogP contribution in [0.4, 0.5) is 4.39 Å². The summed E-state index contributed by atoms with van der Waals surface area (Å²) in [6.45, 7) is 3.06. The Morgan fingerprint density at radius 1 is 1.45 bits per heavy atom. The molecular weight excluding hydrogens is 259 g/mol. The minimum Gasteiger partial charge on any atom is -0.338 e. The highest BCUT2D eigenvalue weighted by molar-refractivity contribution is 5.84. The maximum atomic E-state index is 13.2. The molecule has 1 aliphatic heterocycles. The summed E-state index contributed by atoms with van der Waals surface area (Å²) in [6, 6.07) is 6.40. The lowest BCUT2D eigenvalue weighted by atomic mass is 9.97. The van der Waals surface area contributed by atoms with Crippen LogP contribution >= 0.6 is 0 Å². The third-order valence-corrected chi connectivity index (χ3v) is 3.71. The molecule has 0 radical (unpaired) electrons. The van der Waals surface area contributed by atoms with E-state index in [0.717, 1.165) is 0 Å². The van der Waals surface area contributed by atoms with Crippen molar-refractivity contribution in [3.05, 3.63) is 48.0 Å². The van der Waals surface area contributed by atoms with Crippen molar-refractivity contribution >= 4 is 5.91 Å². The van der Waals surface area contributed by atoms with Gasteiger partial charge in [0.15, 0.2) is 0 Å². The Kier molecular flexibility index (Phi) is 3.22. The van der Waals surface area contributed by atoms with Gasteiger partial charge >= 0.3 is 0 Å². The number of aromatic nitrogens is 3. The Labute approximate surface area is 116 Å². The van der Waals surface area contributed by atoms with Gasteiger partial charge in [-0.15, -0.1) is 5.10 Å². The fraction of sp³-hybridized carbons (Fsp3) is 0.357. The topological polar surface area (TPSA) is 51.0 Å². The number of hydrogen-bond acceptors (Lipinski definition) is 3. The molecule has 0 bridgehead atoms. The average molecular weight is 274 g/mol. The first kappa shape index (κ1) is 12.8. The minimum absolute atomic E-state index is 0.0203. The third kappa shape index (κ3) is 2.29. The fourth-order valence-corrected chi connectivity index (χ4v) is 2.41. The summed E-state index contributed by atoms with van der Waals surface area (Å²) in [4.78, 5) is 14.1. The van der Waals surface area contributed by atoms with Gasteiger partial charge in [0.05, 0.1) is 18.2 Å². The monoisotopic (exact) mass is 274 g/mol. The van der Waals surface area contributed by atoms with Crippen LogP contribution in [0.1, 0.15) is 24.4 Å². The summed E-state index contributed by atoms with van der Waals surface area (Å²) < 4.78 is 15.0. The first-order chi connectivity index (χ1) is 9.65. The van der Waals surface area contributed by atoms with Gasteiger partial charge in [-0.2, -0.15) is 0 Å². The second kappa shape index (κ2) is 5.03. The normalized spacial score (nSPS) is 16.8. The van der Waals surface area contributed by atoms with Crippen LogP contribution in [-0.2, 0) is 4.79 Å². The molecule has 1 atom stereocenters. The second-order valence-corrected chi connectivity index (χ2v) is 5.06. The van der Waals surface area contributed by atoms with Gasteiger partial charge < -0.3 is 4.90 Å². The van der Waals surface area contributed by atoms with E-state index in [1.807, 2.05) is 0 Å². The molecule has 2 aromatic rings. The second-order valence-electron chi connectivity index (χ2n) is 5.06. The molecule has 1 amide bonds. The molecule has 0 aliphatic carbocycles. The van der Waals surface area contributed by atoms with E-state index in [2.05, 4.69) is 10.3 Å². The van der Waals surface area contributed by atoms with Crippen molar-refractivity contribution in [3.8, 4) is 0 Å². The van der Waals surface area contributed by atoms with Crippen molar-refractivity contribution in [1.82, 2.24) is 19.9 Å². The average Bonchev–Trinajstić information content (AvgIpc) is 2.89. The quantitative estimate of drug-likeness (QED) is 0.854. The Morgan fingerprint density at radius 2 is 2.25 bits per heavy atom. The van der Waals surface area contributed by atoms with Crippen molar-refractivity contribution in [2.24, 2.45) is 0 Å². The van der Waals surface area contributed by atoms with Crippen LogP contribution in [-0.4, -0.2) is 38.9 Å². The van der Waals surface area contributed by atoms with Gasteiger partial charge in [-0.25, -0.2) is 9.07 Å². The molecule has 1 aliphatic rings. The molecule has 5 nitrogen and oxygen atoms in total. The zero-order valence-corrected chi connectivity index (χ0v) is 11.1. The van der Waals surface area contributed by atoms with Crippen LogP contribution in [0.5, 0.6) is 0 Å². The summed E-state index contributed by atoms with van der Waals surface area (Å²) in [5, 5.41) is 7.68. The Bertz CT molecular complexity index is 607. The largest absolute Gasteiger partial charge is 0.338 e. The van der Waals surface area contributed by atoms with Gasteiger partial charge in [-0.1, -0.05) is 17.3 Å². The number of rotatable bonds is 3. The number of amides is 1. The lowest BCUT2D eigenvalue weighted by Gasteiger charge is -2.40. The number of carbonyl (C=O) groups excluding carboxylic acids is 1. The number of halogens is 1. The van der Waals surface area contributed by atoms with E-state index in [4.69, 9.17) is 0 Å². The van der Waals surface area contributed by atoms with Gasteiger partial charge in [-0.05, 0) is 24.6 Å². The number of nitrogens with zero attached hydrogens (tertiary/aromatic N) is 4. The summed E-state index contributed by atoms with van der Waals surface area (Å²) in [5.41, 5.74) is 0.708. The van der Waals surface area contributed by atoms with Crippen LogP contribution < -0.4 is 0 Å². The van der Waals surface area contributed by atoms with Gasteiger partial charge in [0.2, 0.25) is 5.91 Å². The number of carbonyl (C=O) groups is 1. The fourth-order valence-electron chi connectivity index (χ4n) is 2.41. The van der Waals surface area contributed by atoms with Crippen molar-refractivity contribution < 1.29 is 9.18 Å². The van der Waals surface area contributed by atoms with Gasteiger partial charge in [0.1, 0.15) is 5.82 Å². The van der Waals surface area contributed by atoms with Crippen LogP contribution in [0.2, 0.25) is 0 Å². The minimum atomic E-state index is -0.331. The van der Waals surface area contributed by atoms with Crippen molar-refractivity contribution in [3.63, 3.8) is 0 Å². The van der Waals surface area contributed by atoms with E-state index in [9.17, 15) is 9.18 Å². The Morgan fingerprint density at radius 3 is 2.90 bits per heavy atom. The molecule has 1 fully saturated rings. The molecule has 0 saturated carbocycles. The van der Waals surface area contributed by atoms with E-state index < -0.39 is 0 Å². The summed E-state index contributed by atoms with van der Waals surface area (Å²) in [7, 11) is 0. The molecule has 1 saturated heterocycles. The molecular formula is C14H15FN4O. The Balaban J connectivity index is 1.63. The van der Waals surface area contributed by atoms with E-state index in [1.165, 1.54) is 12.1 Å². The zero-order valence-electron chi connectivity index (χ0n) is 11.1. The lowest BCUT2D eigenvalue weighted by Crippen LogP contribution is -2.52. The van der Waals surface area contributed by atoms with Crippen LogP contribution in [0.3, 0.4) is 0 Å². The maximum Gasteiger partial charge on any atom is 0.229 e. The summed E-state index contributed by atoms with van der Waals surface area (Å²) in [5.74, 6) is -0.624. The lowest BCUT2D eigenvalue weighted by molar-refractivity contribution is -0.138. The van der Waals surface area contributed by atoms with E-state index in [-0.39, 0.29) is 23.7 Å². The smallest absolute Gasteiger partial charge is 0.229 e. The number of benzene rings is 1. The third-order valence-electron chi connectivity index (χ3n) is 3.71. The standard InChI is InChI=1S/C14H15FN4O/c1-10(11-3-2-4-12(15)7-11)14(20)18-8-13(9-18)19-6-5-16-17-19/h2-7,10,13H,8-9H2,1H3. The van der Waals surface area contributed by atoms with E-state index >= 15 is 0 Å². The predicted octanol–water partition coefficient (Wildman–Crippen LogP) is 1.60. The first-order valence-corrected chi connectivity index (χ1v) is 6.55. The predicted molar refractivity (Wildman–Crippen MR) is 70.5 cm³/mol. The Hall–Kier alpha value is -2.24. The van der Waals surface area contributed by atoms with Crippen molar-refractivity contribution in [2.45, 2.75) is 18.9 Å². The molecule has 1 aromatic heterocycles.